The molecule has 2 amide bonds. The van der Waals surface area contributed by atoms with Crippen molar-refractivity contribution in [2.45, 2.75) is 6.54 Å². The lowest BCUT2D eigenvalue weighted by molar-refractivity contribution is 0.249. The summed E-state index contributed by atoms with van der Waals surface area (Å²) in [5, 5.41) is 6.13. The molecule has 0 saturated carbocycles. The summed E-state index contributed by atoms with van der Waals surface area (Å²) in [4.78, 5) is 25.4. The summed E-state index contributed by atoms with van der Waals surface area (Å²) in [5.74, 6) is 1.27. The van der Waals surface area contributed by atoms with Gasteiger partial charge in [-0.05, 0) is 29.8 Å². The van der Waals surface area contributed by atoms with Gasteiger partial charge in [-0.15, -0.1) is 0 Å². The number of carbonyl (C=O) groups excluding carboxylic acids is 1. The Hall–Kier alpha value is -3.16. The third-order valence-corrected chi connectivity index (χ3v) is 5.19. The average molecular weight is 423 g/mol. The molecular weight excluding hydrogens is 400 g/mol. The van der Waals surface area contributed by atoms with Gasteiger partial charge in [0.1, 0.15) is 18.0 Å². The van der Waals surface area contributed by atoms with E-state index in [2.05, 4.69) is 54.7 Å². The highest BCUT2D eigenvalue weighted by Crippen LogP contribution is 2.18. The molecule has 0 atom stereocenters. The Morgan fingerprint density at radius 3 is 2.40 bits per heavy atom. The molecule has 1 aromatic heterocycles. The molecule has 1 aliphatic rings. The largest absolute Gasteiger partial charge is 0.354 e. The van der Waals surface area contributed by atoms with Crippen LogP contribution in [0.5, 0.6) is 0 Å². The van der Waals surface area contributed by atoms with Crippen LogP contribution in [0.3, 0.4) is 0 Å². The second-order valence-electron chi connectivity index (χ2n) is 7.10. The molecule has 4 rings (SSSR count). The summed E-state index contributed by atoms with van der Waals surface area (Å²) < 4.78 is 0. The van der Waals surface area contributed by atoms with Crippen molar-refractivity contribution in [3.63, 3.8) is 0 Å². The monoisotopic (exact) mass is 422 g/mol. The normalized spacial score (nSPS) is 14.4. The zero-order chi connectivity index (χ0) is 20.8. The Balaban J connectivity index is 1.31. The third kappa shape index (κ3) is 5.46. The molecule has 30 heavy (non-hydrogen) atoms. The maximum atomic E-state index is 12.2. The predicted octanol–water partition coefficient (Wildman–Crippen LogP) is 4.10. The van der Waals surface area contributed by atoms with Crippen molar-refractivity contribution in [3.05, 3.63) is 77.6 Å². The van der Waals surface area contributed by atoms with Crippen LogP contribution in [0, 0.1) is 0 Å². The molecule has 2 N–H and O–H groups in total. The van der Waals surface area contributed by atoms with Gasteiger partial charge in [-0.3, -0.25) is 10.2 Å². The van der Waals surface area contributed by atoms with Crippen LogP contribution in [0.2, 0.25) is 5.02 Å². The Morgan fingerprint density at radius 2 is 1.67 bits per heavy atom. The number of nitrogens with zero attached hydrogens (tertiary/aromatic N) is 4. The first kappa shape index (κ1) is 20.1. The number of nitrogens with one attached hydrogen (secondary N) is 2. The molecular formula is C22H23ClN6O. The molecule has 0 radical (unpaired) electrons. The lowest BCUT2D eigenvalue weighted by Gasteiger charge is -2.35. The summed E-state index contributed by atoms with van der Waals surface area (Å²) in [6.45, 7) is 4.62. The van der Waals surface area contributed by atoms with E-state index in [1.807, 2.05) is 6.07 Å². The molecule has 8 heteroatoms. The number of rotatable bonds is 5. The van der Waals surface area contributed by atoms with Crippen LogP contribution in [0.4, 0.5) is 22.1 Å². The summed E-state index contributed by atoms with van der Waals surface area (Å²) >= 11 is 5.87. The second kappa shape index (κ2) is 9.56. The molecule has 7 nitrogen and oxygen atoms in total. The van der Waals surface area contributed by atoms with Gasteiger partial charge < -0.3 is 10.2 Å². The van der Waals surface area contributed by atoms with Crippen LogP contribution in [-0.2, 0) is 6.54 Å². The Morgan fingerprint density at radius 1 is 0.933 bits per heavy atom. The average Bonchev–Trinajstić information content (AvgIpc) is 2.77. The molecule has 3 aromatic rings. The van der Waals surface area contributed by atoms with E-state index >= 15 is 0 Å². The summed E-state index contributed by atoms with van der Waals surface area (Å²) in [6.07, 6.45) is 1.48. The van der Waals surface area contributed by atoms with Crippen LogP contribution in [0.25, 0.3) is 0 Å². The van der Waals surface area contributed by atoms with E-state index in [1.165, 1.54) is 11.9 Å². The van der Waals surface area contributed by atoms with Gasteiger partial charge >= 0.3 is 6.03 Å². The van der Waals surface area contributed by atoms with E-state index in [0.717, 1.165) is 38.5 Å². The fourth-order valence-corrected chi connectivity index (χ4v) is 3.50. The zero-order valence-electron chi connectivity index (χ0n) is 16.5. The Bertz CT molecular complexity index is 974. The van der Waals surface area contributed by atoms with Crippen molar-refractivity contribution in [1.29, 1.82) is 0 Å². The first-order valence-electron chi connectivity index (χ1n) is 9.82. The van der Waals surface area contributed by atoms with E-state index in [1.54, 1.807) is 30.3 Å². The lowest BCUT2D eigenvalue weighted by Crippen LogP contribution is -2.46. The highest BCUT2D eigenvalue weighted by molar-refractivity contribution is 6.30. The van der Waals surface area contributed by atoms with Crippen LogP contribution in [0.15, 0.2) is 67.0 Å². The molecule has 1 aliphatic heterocycles. The minimum absolute atomic E-state index is 0.366. The number of hydrogen-bond donors (Lipinski definition) is 2. The summed E-state index contributed by atoms with van der Waals surface area (Å²) in [7, 11) is 0. The molecule has 1 fully saturated rings. The van der Waals surface area contributed by atoms with Crippen molar-refractivity contribution < 1.29 is 4.79 Å². The second-order valence-corrected chi connectivity index (χ2v) is 7.53. The van der Waals surface area contributed by atoms with Crippen molar-refractivity contribution in [3.8, 4) is 0 Å². The highest BCUT2D eigenvalue weighted by Gasteiger charge is 2.19. The van der Waals surface area contributed by atoms with E-state index in [0.29, 0.717) is 16.5 Å². The Kier molecular flexibility index (Phi) is 6.41. The van der Waals surface area contributed by atoms with Gasteiger partial charge in [0.15, 0.2) is 0 Å². The fraction of sp³-hybridized carbons (Fsp3) is 0.227. The highest BCUT2D eigenvalue weighted by atomic mass is 35.5. The van der Waals surface area contributed by atoms with Crippen molar-refractivity contribution in [1.82, 2.24) is 14.9 Å². The number of benzene rings is 2. The van der Waals surface area contributed by atoms with Gasteiger partial charge in [-0.25, -0.2) is 14.8 Å². The fourth-order valence-electron chi connectivity index (χ4n) is 3.38. The number of aromatic nitrogens is 2. The zero-order valence-corrected chi connectivity index (χ0v) is 17.2. The third-order valence-electron chi connectivity index (χ3n) is 4.94. The van der Waals surface area contributed by atoms with Gasteiger partial charge in [0, 0.05) is 49.5 Å². The number of amides is 2. The van der Waals surface area contributed by atoms with E-state index in [4.69, 9.17) is 11.6 Å². The topological polar surface area (TPSA) is 73.4 Å². The van der Waals surface area contributed by atoms with Gasteiger partial charge in [0.2, 0.25) is 0 Å². The standard InChI is InChI=1S/C22H23ClN6O/c23-18-6-8-19(9-7-18)26-22(30)27-20-14-21(25-16-24-20)29-12-10-28(11-13-29)15-17-4-2-1-3-5-17/h1-9,14,16H,10-13,15H2,(H2,24,25,26,27,30). The quantitative estimate of drug-likeness (QED) is 0.647. The lowest BCUT2D eigenvalue weighted by atomic mass is 10.2. The SMILES string of the molecule is O=C(Nc1ccc(Cl)cc1)Nc1cc(N2CCN(Cc3ccccc3)CC2)ncn1. The maximum absolute atomic E-state index is 12.2. The van der Waals surface area contributed by atoms with Crippen molar-refractivity contribution in [2.75, 3.05) is 41.7 Å². The van der Waals surface area contributed by atoms with Crippen LogP contribution < -0.4 is 15.5 Å². The minimum atomic E-state index is -0.366. The van der Waals surface area contributed by atoms with Crippen molar-refractivity contribution >= 4 is 35.0 Å². The van der Waals surface area contributed by atoms with Gasteiger partial charge in [0.25, 0.3) is 0 Å². The van der Waals surface area contributed by atoms with Gasteiger partial charge in [0.05, 0.1) is 0 Å². The molecule has 0 bridgehead atoms. The van der Waals surface area contributed by atoms with E-state index in [-0.39, 0.29) is 6.03 Å². The van der Waals surface area contributed by atoms with Crippen LogP contribution in [0.1, 0.15) is 5.56 Å². The first-order chi connectivity index (χ1) is 14.7. The summed E-state index contributed by atoms with van der Waals surface area (Å²) in [5.41, 5.74) is 1.98. The van der Waals surface area contributed by atoms with E-state index in [9.17, 15) is 4.79 Å². The first-order valence-corrected chi connectivity index (χ1v) is 10.2. The van der Waals surface area contributed by atoms with E-state index < -0.39 is 0 Å². The molecule has 2 aromatic carbocycles. The Labute approximate surface area is 180 Å². The van der Waals surface area contributed by atoms with Crippen LogP contribution >= 0.6 is 11.6 Å². The molecule has 154 valence electrons. The number of urea groups is 1. The maximum Gasteiger partial charge on any atom is 0.324 e. The molecule has 1 saturated heterocycles. The molecule has 0 unspecified atom stereocenters. The minimum Gasteiger partial charge on any atom is -0.354 e. The van der Waals surface area contributed by atoms with Gasteiger partial charge in [-0.1, -0.05) is 41.9 Å². The number of piperazine rings is 1. The molecule has 0 spiro atoms. The number of halogens is 1. The number of anilines is 3. The molecule has 2 heterocycles. The predicted molar refractivity (Wildman–Crippen MR) is 120 cm³/mol. The number of hydrogen-bond acceptors (Lipinski definition) is 5. The van der Waals surface area contributed by atoms with Gasteiger partial charge in [-0.2, -0.15) is 0 Å². The summed E-state index contributed by atoms with van der Waals surface area (Å²) in [6, 6.07) is 18.8. The molecule has 0 aliphatic carbocycles. The smallest absolute Gasteiger partial charge is 0.324 e. The van der Waals surface area contributed by atoms with Crippen LogP contribution in [-0.4, -0.2) is 47.1 Å². The number of carbonyl (C=O) groups is 1. The van der Waals surface area contributed by atoms with Crippen molar-refractivity contribution in [2.24, 2.45) is 0 Å².